The number of halogens is 1. The normalized spacial score (nSPS) is 14.8. The molecule has 40 heavy (non-hydrogen) atoms. The molecule has 1 fully saturated rings. The smallest absolute Gasteiger partial charge is 0.310 e. The van der Waals surface area contributed by atoms with Gasteiger partial charge in [-0.3, -0.25) is 4.79 Å². The number of hydrogen-bond donors (Lipinski definition) is 0. The summed E-state index contributed by atoms with van der Waals surface area (Å²) in [6.45, 7) is 9.43. The molecule has 210 valence electrons. The van der Waals surface area contributed by atoms with E-state index in [9.17, 15) is 9.18 Å². The first-order chi connectivity index (χ1) is 19.4. The monoisotopic (exact) mass is 542 g/mol. The summed E-state index contributed by atoms with van der Waals surface area (Å²) in [5, 5.41) is 0. The summed E-state index contributed by atoms with van der Waals surface area (Å²) in [4.78, 5) is 21.9. The van der Waals surface area contributed by atoms with Crippen LogP contribution in [0.15, 0.2) is 72.8 Å². The molecule has 5 rings (SSSR count). The molecule has 0 atom stereocenters. The number of hydrogen-bond acceptors (Lipinski definition) is 5. The van der Waals surface area contributed by atoms with E-state index in [1.807, 2.05) is 44.2 Å². The fraction of sp³-hybridized carbons (Fsp3) is 0.394. The van der Waals surface area contributed by atoms with E-state index in [1.54, 1.807) is 0 Å². The summed E-state index contributed by atoms with van der Waals surface area (Å²) in [5.41, 5.74) is 5.44. The lowest BCUT2D eigenvalue weighted by atomic mass is 10.1. The first-order valence-corrected chi connectivity index (χ1v) is 14.4. The maximum atomic E-state index is 13.5. The van der Waals surface area contributed by atoms with Gasteiger partial charge in [0.2, 0.25) is 5.95 Å². The minimum absolute atomic E-state index is 0.0838. The topological polar surface area (TPSA) is 50.6 Å². The number of esters is 1. The number of aromatic nitrogens is 2. The number of imidazole rings is 1. The zero-order chi connectivity index (χ0) is 27.9. The minimum Gasteiger partial charge on any atom is -0.463 e. The fourth-order valence-corrected chi connectivity index (χ4v) is 5.43. The van der Waals surface area contributed by atoms with Gasteiger partial charge in [0.15, 0.2) is 0 Å². The number of fused-ring (bicyclic) bond motifs is 1. The van der Waals surface area contributed by atoms with Gasteiger partial charge in [0.05, 0.1) is 30.1 Å². The molecule has 1 aliphatic heterocycles. The number of carbonyl (C=O) groups excluding carboxylic acids is 1. The molecule has 1 saturated heterocycles. The van der Waals surface area contributed by atoms with Crippen LogP contribution in [0.3, 0.4) is 0 Å². The lowest BCUT2D eigenvalue weighted by Gasteiger charge is -2.31. The Kier molecular flexibility index (Phi) is 9.12. The summed E-state index contributed by atoms with van der Waals surface area (Å²) in [6, 6.07) is 23.4. The van der Waals surface area contributed by atoms with Crippen LogP contribution >= 0.6 is 0 Å². The molecule has 6 nitrogen and oxygen atoms in total. The molecule has 0 radical (unpaired) electrons. The van der Waals surface area contributed by atoms with Crippen molar-refractivity contribution in [1.29, 1.82) is 0 Å². The van der Waals surface area contributed by atoms with E-state index >= 15 is 0 Å². The van der Waals surface area contributed by atoms with Crippen LogP contribution in [0.5, 0.6) is 0 Å². The average Bonchev–Trinajstić information content (AvgIpc) is 3.28. The zero-order valence-electron chi connectivity index (χ0n) is 23.6. The van der Waals surface area contributed by atoms with Crippen molar-refractivity contribution in [3.8, 4) is 0 Å². The van der Waals surface area contributed by atoms with Gasteiger partial charge in [-0.25, -0.2) is 9.37 Å². The van der Waals surface area contributed by atoms with E-state index < -0.39 is 0 Å². The predicted molar refractivity (Wildman–Crippen MR) is 158 cm³/mol. The van der Waals surface area contributed by atoms with Crippen LogP contribution in [-0.2, 0) is 28.9 Å². The highest BCUT2D eigenvalue weighted by Crippen LogP contribution is 2.25. The van der Waals surface area contributed by atoms with Crippen LogP contribution in [0, 0.1) is 5.82 Å². The van der Waals surface area contributed by atoms with Gasteiger partial charge in [-0.1, -0.05) is 48.5 Å². The van der Waals surface area contributed by atoms with Crippen LogP contribution in [0.4, 0.5) is 10.3 Å². The van der Waals surface area contributed by atoms with Crippen molar-refractivity contribution in [2.24, 2.45) is 0 Å². The van der Waals surface area contributed by atoms with Crippen molar-refractivity contribution in [2.45, 2.75) is 52.2 Å². The van der Waals surface area contributed by atoms with Gasteiger partial charge in [0, 0.05) is 19.6 Å². The number of ether oxygens (including phenoxy) is 1. The first-order valence-electron chi connectivity index (χ1n) is 14.4. The number of rotatable bonds is 9. The van der Waals surface area contributed by atoms with Crippen molar-refractivity contribution >= 4 is 23.0 Å². The summed E-state index contributed by atoms with van der Waals surface area (Å²) in [5.74, 6) is 0.605. The SMILES string of the molecule is CC(C)OC(=O)Cc1ccc(CCN2CCCN(c3nc4ccccc4n3Cc3ccc(F)cc3)CCC2)cc1. The average molecular weight is 543 g/mol. The molecule has 0 spiro atoms. The largest absolute Gasteiger partial charge is 0.463 e. The molecular weight excluding hydrogens is 503 g/mol. The molecule has 0 aliphatic carbocycles. The summed E-state index contributed by atoms with van der Waals surface area (Å²) in [7, 11) is 0. The summed E-state index contributed by atoms with van der Waals surface area (Å²) < 4.78 is 21.0. The van der Waals surface area contributed by atoms with Crippen molar-refractivity contribution in [2.75, 3.05) is 37.6 Å². The van der Waals surface area contributed by atoms with Gasteiger partial charge >= 0.3 is 5.97 Å². The Hall–Kier alpha value is -3.71. The Morgan fingerprint density at radius 2 is 1.52 bits per heavy atom. The third kappa shape index (κ3) is 7.27. The number of anilines is 1. The molecule has 1 aromatic heterocycles. The van der Waals surface area contributed by atoms with Gasteiger partial charge in [0.1, 0.15) is 5.82 Å². The van der Waals surface area contributed by atoms with Crippen LogP contribution in [0.25, 0.3) is 11.0 Å². The lowest BCUT2D eigenvalue weighted by molar-refractivity contribution is -0.146. The third-order valence-corrected chi connectivity index (χ3v) is 7.43. The first kappa shape index (κ1) is 27.8. The second-order valence-corrected chi connectivity index (χ2v) is 10.9. The Morgan fingerprint density at radius 3 is 2.23 bits per heavy atom. The van der Waals surface area contributed by atoms with Crippen molar-refractivity contribution in [3.63, 3.8) is 0 Å². The van der Waals surface area contributed by atoms with Gasteiger partial charge in [-0.05, 0) is 87.2 Å². The molecule has 3 aromatic carbocycles. The summed E-state index contributed by atoms with van der Waals surface area (Å²) in [6.07, 6.45) is 3.36. The highest BCUT2D eigenvalue weighted by atomic mass is 19.1. The molecule has 0 saturated carbocycles. The highest BCUT2D eigenvalue weighted by molar-refractivity contribution is 5.79. The van der Waals surface area contributed by atoms with Gasteiger partial charge in [0.25, 0.3) is 0 Å². The van der Waals surface area contributed by atoms with Crippen LogP contribution < -0.4 is 4.90 Å². The van der Waals surface area contributed by atoms with Crippen molar-refractivity contribution in [3.05, 3.63) is 95.3 Å². The molecule has 0 N–H and O–H groups in total. The third-order valence-electron chi connectivity index (χ3n) is 7.43. The zero-order valence-corrected chi connectivity index (χ0v) is 23.6. The Balaban J connectivity index is 1.17. The van der Waals surface area contributed by atoms with Crippen LogP contribution in [0.2, 0.25) is 0 Å². The molecule has 4 aromatic rings. The molecule has 0 amide bonds. The molecule has 1 aliphatic rings. The van der Waals surface area contributed by atoms with E-state index in [2.05, 4.69) is 44.7 Å². The van der Waals surface area contributed by atoms with E-state index in [-0.39, 0.29) is 17.9 Å². The maximum Gasteiger partial charge on any atom is 0.310 e. The van der Waals surface area contributed by atoms with E-state index in [4.69, 9.17) is 9.72 Å². The van der Waals surface area contributed by atoms with E-state index in [1.165, 1.54) is 17.7 Å². The molecule has 7 heteroatoms. The number of nitrogens with zero attached hydrogens (tertiary/aromatic N) is 4. The van der Waals surface area contributed by atoms with Crippen molar-refractivity contribution < 1.29 is 13.9 Å². The number of para-hydroxylation sites is 2. The number of benzene rings is 3. The Morgan fingerprint density at radius 1 is 0.875 bits per heavy atom. The van der Waals surface area contributed by atoms with Gasteiger partial charge in [-0.15, -0.1) is 0 Å². The standard InChI is InChI=1S/C33H39FN4O2/c1-25(2)40-32(39)23-27-11-9-26(10-12-27)17-22-36-18-5-20-37(21-6-19-36)33-35-30-7-3-4-8-31(30)38(33)24-28-13-15-29(34)16-14-28/h3-4,7-16,25H,5-6,17-24H2,1-2H3. The molecular formula is C33H39FN4O2. The van der Waals surface area contributed by atoms with Crippen LogP contribution in [0.1, 0.15) is 43.4 Å². The maximum absolute atomic E-state index is 13.5. The van der Waals surface area contributed by atoms with E-state index in [0.29, 0.717) is 13.0 Å². The molecule has 0 bridgehead atoms. The Labute approximate surface area is 236 Å². The quantitative estimate of drug-likeness (QED) is 0.248. The fourth-order valence-electron chi connectivity index (χ4n) is 5.43. The van der Waals surface area contributed by atoms with Gasteiger partial charge < -0.3 is 19.1 Å². The lowest BCUT2D eigenvalue weighted by Crippen LogP contribution is -2.38. The van der Waals surface area contributed by atoms with Crippen molar-refractivity contribution in [1.82, 2.24) is 14.5 Å². The highest BCUT2D eigenvalue weighted by Gasteiger charge is 2.20. The second kappa shape index (κ2) is 13.1. The van der Waals surface area contributed by atoms with Crippen LogP contribution in [-0.4, -0.2) is 59.2 Å². The number of carbonyl (C=O) groups is 1. The summed E-state index contributed by atoms with van der Waals surface area (Å²) >= 11 is 0. The van der Waals surface area contributed by atoms with Gasteiger partial charge in [-0.2, -0.15) is 0 Å². The predicted octanol–water partition coefficient (Wildman–Crippen LogP) is 5.86. The Bertz CT molecular complexity index is 1390. The molecule has 0 unspecified atom stereocenters. The second-order valence-electron chi connectivity index (χ2n) is 10.9. The molecule has 2 heterocycles. The van der Waals surface area contributed by atoms with E-state index in [0.717, 1.165) is 80.1 Å². The minimum atomic E-state index is -0.214.